The van der Waals surface area contributed by atoms with Gasteiger partial charge in [-0.25, -0.2) is 4.39 Å². The fourth-order valence-electron chi connectivity index (χ4n) is 1.82. The van der Waals surface area contributed by atoms with Crippen molar-refractivity contribution in [2.24, 2.45) is 0 Å². The third-order valence-corrected chi connectivity index (χ3v) is 2.94. The van der Waals surface area contributed by atoms with Gasteiger partial charge in [-0.2, -0.15) is 0 Å². The van der Waals surface area contributed by atoms with Crippen molar-refractivity contribution in [3.8, 4) is 0 Å². The van der Waals surface area contributed by atoms with Gasteiger partial charge in [0.05, 0.1) is 0 Å². The topological polar surface area (TPSA) is 30.3 Å². The predicted octanol–water partition coefficient (Wildman–Crippen LogP) is 1.40. The lowest BCUT2D eigenvalue weighted by molar-refractivity contribution is 0.215. The van der Waals surface area contributed by atoms with Crippen LogP contribution in [0.5, 0.6) is 0 Å². The summed E-state index contributed by atoms with van der Waals surface area (Å²) in [6, 6.07) is 6.13. The normalized spacial score (nSPS) is 17.5. The molecule has 0 aliphatic carbocycles. The molecule has 0 saturated carbocycles. The molecule has 1 aliphatic rings. The van der Waals surface area contributed by atoms with E-state index in [1.165, 1.54) is 12.1 Å². The summed E-state index contributed by atoms with van der Waals surface area (Å²) in [6.07, 6.45) is 0. The number of likely N-dealkylation sites (N-methyl/N-ethyl adjacent to an activating group) is 1. The first kappa shape index (κ1) is 11.1. The fraction of sp³-hybridized carbons (Fsp3) is 0.417. The van der Waals surface area contributed by atoms with Crippen molar-refractivity contribution < 1.29 is 4.39 Å². The molecule has 1 aliphatic heterocycles. The summed E-state index contributed by atoms with van der Waals surface area (Å²) in [5, 5.41) is 8.05. The van der Waals surface area contributed by atoms with Gasteiger partial charge in [0.2, 0.25) is 0 Å². The molecule has 1 aromatic carbocycles. The molecule has 1 fully saturated rings. The van der Waals surface area contributed by atoms with Gasteiger partial charge in [-0.15, -0.1) is 0 Å². The van der Waals surface area contributed by atoms with E-state index in [0.717, 1.165) is 31.7 Å². The minimum absolute atomic E-state index is 0.255. The van der Waals surface area contributed by atoms with Crippen LogP contribution in [0.2, 0.25) is 0 Å². The molecule has 0 spiro atoms. The number of rotatable bonds is 1. The lowest BCUT2D eigenvalue weighted by Crippen LogP contribution is -2.47. The summed E-state index contributed by atoms with van der Waals surface area (Å²) in [6.45, 7) is 3.69. The predicted molar refractivity (Wildman–Crippen MR) is 62.3 cm³/mol. The summed E-state index contributed by atoms with van der Waals surface area (Å²) in [7, 11) is 2.08. The van der Waals surface area contributed by atoms with Gasteiger partial charge in [0.25, 0.3) is 0 Å². The lowest BCUT2D eigenvalue weighted by Gasteiger charge is -2.34. The Morgan fingerprint density at radius 1 is 1.12 bits per heavy atom. The largest absolute Gasteiger partial charge is 0.354 e. The summed E-state index contributed by atoms with van der Waals surface area (Å²) in [5.74, 6) is 0.239. The van der Waals surface area contributed by atoms with Crippen LogP contribution in [0.3, 0.4) is 0 Å². The Balaban J connectivity index is 2.05. The lowest BCUT2D eigenvalue weighted by atomic mass is 10.1. The first-order valence-electron chi connectivity index (χ1n) is 5.45. The van der Waals surface area contributed by atoms with E-state index in [2.05, 4.69) is 11.9 Å². The number of hydrogen-bond donors (Lipinski definition) is 1. The van der Waals surface area contributed by atoms with Gasteiger partial charge in [0.15, 0.2) is 0 Å². The van der Waals surface area contributed by atoms with Crippen LogP contribution in [0.4, 0.5) is 4.39 Å². The highest BCUT2D eigenvalue weighted by Crippen LogP contribution is 2.09. The number of nitrogens with one attached hydrogen (secondary N) is 1. The zero-order valence-corrected chi connectivity index (χ0v) is 9.41. The summed E-state index contributed by atoms with van der Waals surface area (Å²) in [5.41, 5.74) is 0.783. The third kappa shape index (κ3) is 2.39. The molecule has 0 bridgehead atoms. The molecule has 16 heavy (non-hydrogen) atoms. The second kappa shape index (κ2) is 4.61. The van der Waals surface area contributed by atoms with Crippen molar-refractivity contribution in [2.45, 2.75) is 0 Å². The number of benzene rings is 1. The van der Waals surface area contributed by atoms with Crippen LogP contribution in [-0.4, -0.2) is 48.9 Å². The van der Waals surface area contributed by atoms with Crippen LogP contribution >= 0.6 is 0 Å². The highest BCUT2D eigenvalue weighted by molar-refractivity contribution is 5.96. The Kier molecular flexibility index (Phi) is 3.19. The van der Waals surface area contributed by atoms with Crippen molar-refractivity contribution in [3.63, 3.8) is 0 Å². The minimum atomic E-state index is -0.255. The smallest absolute Gasteiger partial charge is 0.128 e. The second-order valence-electron chi connectivity index (χ2n) is 4.15. The van der Waals surface area contributed by atoms with E-state index in [1.54, 1.807) is 12.1 Å². The minimum Gasteiger partial charge on any atom is -0.354 e. The molecule has 0 radical (unpaired) electrons. The molecule has 1 saturated heterocycles. The molecule has 1 aromatic rings. The van der Waals surface area contributed by atoms with E-state index in [4.69, 9.17) is 5.41 Å². The number of piperazine rings is 1. The molecule has 0 unspecified atom stereocenters. The molecular weight excluding hydrogens is 205 g/mol. The van der Waals surface area contributed by atoms with Crippen LogP contribution < -0.4 is 0 Å². The van der Waals surface area contributed by atoms with Gasteiger partial charge in [-0.05, 0) is 31.3 Å². The standard InChI is InChI=1S/C12H16FN3/c1-15-6-8-16(9-7-15)12(14)10-2-4-11(13)5-3-10/h2-5,14H,6-9H2,1H3. The van der Waals surface area contributed by atoms with Gasteiger partial charge in [0, 0.05) is 31.7 Å². The first-order valence-corrected chi connectivity index (χ1v) is 5.45. The quantitative estimate of drug-likeness (QED) is 0.574. The third-order valence-electron chi connectivity index (χ3n) is 2.94. The zero-order valence-electron chi connectivity index (χ0n) is 9.41. The molecule has 4 heteroatoms. The Hall–Kier alpha value is -1.42. The number of amidine groups is 1. The van der Waals surface area contributed by atoms with Crippen molar-refractivity contribution in [1.82, 2.24) is 9.80 Å². The maximum absolute atomic E-state index is 12.8. The molecule has 0 aromatic heterocycles. The molecule has 0 atom stereocenters. The van der Waals surface area contributed by atoms with Gasteiger partial charge in [-0.3, -0.25) is 5.41 Å². The van der Waals surface area contributed by atoms with Gasteiger partial charge >= 0.3 is 0 Å². The molecule has 0 amide bonds. The Morgan fingerprint density at radius 2 is 1.69 bits per heavy atom. The van der Waals surface area contributed by atoms with Crippen molar-refractivity contribution >= 4 is 5.84 Å². The molecule has 2 rings (SSSR count). The zero-order chi connectivity index (χ0) is 11.5. The maximum Gasteiger partial charge on any atom is 0.128 e. The molecule has 1 heterocycles. The molecular formula is C12H16FN3. The molecule has 1 N–H and O–H groups in total. The summed E-state index contributed by atoms with van der Waals surface area (Å²) < 4.78 is 12.8. The fourth-order valence-corrected chi connectivity index (χ4v) is 1.82. The van der Waals surface area contributed by atoms with Gasteiger partial charge in [0.1, 0.15) is 11.7 Å². The van der Waals surface area contributed by atoms with Crippen LogP contribution in [0.25, 0.3) is 0 Å². The number of halogens is 1. The molecule has 86 valence electrons. The summed E-state index contributed by atoms with van der Waals surface area (Å²) >= 11 is 0. The Labute approximate surface area is 95.0 Å². The van der Waals surface area contributed by atoms with E-state index in [9.17, 15) is 4.39 Å². The van der Waals surface area contributed by atoms with Crippen LogP contribution in [-0.2, 0) is 0 Å². The SMILES string of the molecule is CN1CCN(C(=N)c2ccc(F)cc2)CC1. The van der Waals surface area contributed by atoms with Crippen LogP contribution in [0.15, 0.2) is 24.3 Å². The summed E-state index contributed by atoms with van der Waals surface area (Å²) in [4.78, 5) is 4.28. The van der Waals surface area contributed by atoms with Crippen LogP contribution in [0.1, 0.15) is 5.56 Å². The monoisotopic (exact) mass is 221 g/mol. The average Bonchev–Trinajstić information content (AvgIpc) is 2.30. The van der Waals surface area contributed by atoms with Gasteiger partial charge < -0.3 is 9.80 Å². The van der Waals surface area contributed by atoms with E-state index in [1.807, 2.05) is 4.90 Å². The highest BCUT2D eigenvalue weighted by atomic mass is 19.1. The average molecular weight is 221 g/mol. The van der Waals surface area contributed by atoms with E-state index in [-0.39, 0.29) is 5.82 Å². The second-order valence-corrected chi connectivity index (χ2v) is 4.15. The number of nitrogens with zero attached hydrogens (tertiary/aromatic N) is 2. The Morgan fingerprint density at radius 3 is 2.25 bits per heavy atom. The molecule has 3 nitrogen and oxygen atoms in total. The van der Waals surface area contributed by atoms with Crippen molar-refractivity contribution in [1.29, 1.82) is 5.41 Å². The Bertz CT molecular complexity index is 366. The van der Waals surface area contributed by atoms with Crippen molar-refractivity contribution in [3.05, 3.63) is 35.6 Å². The van der Waals surface area contributed by atoms with Crippen LogP contribution in [0, 0.1) is 11.2 Å². The highest BCUT2D eigenvalue weighted by Gasteiger charge is 2.17. The van der Waals surface area contributed by atoms with Crippen molar-refractivity contribution in [2.75, 3.05) is 33.2 Å². The van der Waals surface area contributed by atoms with E-state index >= 15 is 0 Å². The maximum atomic E-state index is 12.8. The first-order chi connectivity index (χ1) is 7.66. The number of hydrogen-bond acceptors (Lipinski definition) is 2. The van der Waals surface area contributed by atoms with E-state index < -0.39 is 0 Å². The van der Waals surface area contributed by atoms with Gasteiger partial charge in [-0.1, -0.05) is 0 Å². The van der Waals surface area contributed by atoms with E-state index in [0.29, 0.717) is 5.84 Å².